The van der Waals surface area contributed by atoms with Crippen molar-refractivity contribution in [3.63, 3.8) is 0 Å². The Morgan fingerprint density at radius 1 is 0.345 bits per heavy atom. The maximum absolute atomic E-state index is 4.57. The standard InChI is InChI=1S/C11H17N.C10H16N2.2C10H15N.C9H14N2.CH4/c1-7(2)11-9(4)6-8(3)10(5)12-11;1-6(2)10-9(5)11-7(3)8(4)12-10;1-7(2)10-9(4)5-8(3)6-11-10;1-7(2)10-8(3)5-6-9(4)11-10;1-6(2)9-7(3)5-10-8(4)11-9;/h6-7H,1-5H3;6H,1-5H3;2*5-7H,1-4H3;5-6H,1-4H3;1H4. The van der Waals surface area contributed by atoms with Gasteiger partial charge in [0.2, 0.25) is 0 Å². The van der Waals surface area contributed by atoms with Crippen molar-refractivity contribution < 1.29 is 0 Å². The molecule has 0 unspecified atom stereocenters. The van der Waals surface area contributed by atoms with E-state index in [0.717, 1.165) is 45.7 Å². The summed E-state index contributed by atoms with van der Waals surface area (Å²) in [4.78, 5) is 30.8. The van der Waals surface area contributed by atoms with Gasteiger partial charge in [-0.25, -0.2) is 9.97 Å². The molecule has 0 aliphatic heterocycles. The fourth-order valence-corrected chi connectivity index (χ4v) is 6.42. The lowest BCUT2D eigenvalue weighted by molar-refractivity contribution is 0.779. The molecule has 0 aliphatic rings. The normalized spacial score (nSPS) is 10.5. The zero-order valence-electron chi connectivity index (χ0n) is 40.0. The Kier molecular flexibility index (Phi) is 23.3. The van der Waals surface area contributed by atoms with Gasteiger partial charge in [0, 0.05) is 46.6 Å². The fraction of sp³-hybridized carbons (Fsp3) is 0.549. The second kappa shape index (κ2) is 25.2. The van der Waals surface area contributed by atoms with Crippen LogP contribution in [0.3, 0.4) is 0 Å². The van der Waals surface area contributed by atoms with Crippen molar-refractivity contribution in [1.82, 2.24) is 34.9 Å². The van der Waals surface area contributed by atoms with E-state index in [-0.39, 0.29) is 7.43 Å². The minimum atomic E-state index is 0. The molecule has 0 radical (unpaired) electrons. The third-order valence-electron chi connectivity index (χ3n) is 9.61. The largest absolute Gasteiger partial charge is 0.260 e. The summed E-state index contributed by atoms with van der Waals surface area (Å²) in [6.45, 7) is 46.3. The third kappa shape index (κ3) is 17.6. The molecular formula is C51H81N7. The molecule has 0 aliphatic carbocycles. The van der Waals surface area contributed by atoms with E-state index in [9.17, 15) is 0 Å². The molecular weight excluding hydrogens is 711 g/mol. The molecule has 5 aromatic heterocycles. The summed E-state index contributed by atoms with van der Waals surface area (Å²) in [5.74, 6) is 3.43. The van der Waals surface area contributed by atoms with Crippen LogP contribution in [0, 0.1) is 83.1 Å². The van der Waals surface area contributed by atoms with E-state index in [1.165, 1.54) is 50.5 Å². The number of nitrogens with zero attached hydrogens (tertiary/aromatic N) is 7. The summed E-state index contributed by atoms with van der Waals surface area (Å²) >= 11 is 0. The lowest BCUT2D eigenvalue weighted by Gasteiger charge is -2.10. The molecule has 0 amide bonds. The Balaban J connectivity index is 0.000000698. The number of rotatable bonds is 5. The molecule has 5 rings (SSSR count). The second-order valence-electron chi connectivity index (χ2n) is 17.1. The zero-order chi connectivity index (χ0) is 43.9. The first-order valence-corrected chi connectivity index (χ1v) is 20.8. The van der Waals surface area contributed by atoms with E-state index in [2.05, 4.69) is 177 Å². The van der Waals surface area contributed by atoms with Gasteiger partial charge in [-0.15, -0.1) is 0 Å². The Bertz CT molecular complexity index is 1890. The maximum Gasteiger partial charge on any atom is 0.125 e. The van der Waals surface area contributed by atoms with Crippen molar-refractivity contribution in [1.29, 1.82) is 0 Å². The highest BCUT2D eigenvalue weighted by Crippen LogP contribution is 2.20. The van der Waals surface area contributed by atoms with Gasteiger partial charge in [-0.05, 0) is 152 Å². The molecule has 0 fully saturated rings. The Hall–Kier alpha value is -4.39. The number of aromatic nitrogens is 7. The molecule has 0 bridgehead atoms. The summed E-state index contributed by atoms with van der Waals surface area (Å²) < 4.78 is 0. The van der Waals surface area contributed by atoms with E-state index in [1.807, 2.05) is 47.0 Å². The predicted molar refractivity (Wildman–Crippen MR) is 251 cm³/mol. The topological polar surface area (TPSA) is 90.2 Å². The quantitative estimate of drug-likeness (QED) is 0.175. The van der Waals surface area contributed by atoms with E-state index in [0.29, 0.717) is 29.6 Å². The molecule has 0 N–H and O–H groups in total. The number of pyridine rings is 3. The average molecular weight is 792 g/mol. The molecule has 5 heterocycles. The van der Waals surface area contributed by atoms with Crippen molar-refractivity contribution in [2.75, 3.05) is 0 Å². The van der Waals surface area contributed by atoms with Crippen molar-refractivity contribution in [2.45, 2.75) is 189 Å². The average Bonchev–Trinajstić information content (AvgIpc) is 3.10. The van der Waals surface area contributed by atoms with Gasteiger partial charge in [0.05, 0.1) is 22.8 Å². The minimum absolute atomic E-state index is 0. The van der Waals surface area contributed by atoms with Gasteiger partial charge in [0.25, 0.3) is 0 Å². The molecule has 320 valence electrons. The molecule has 7 nitrogen and oxygen atoms in total. The van der Waals surface area contributed by atoms with Gasteiger partial charge < -0.3 is 0 Å². The molecule has 58 heavy (non-hydrogen) atoms. The summed E-state index contributed by atoms with van der Waals surface area (Å²) in [5, 5.41) is 0. The van der Waals surface area contributed by atoms with Crippen molar-refractivity contribution in [2.24, 2.45) is 0 Å². The first-order chi connectivity index (χ1) is 26.4. The van der Waals surface area contributed by atoms with E-state index in [4.69, 9.17) is 0 Å². The molecule has 0 saturated heterocycles. The molecule has 0 spiro atoms. The van der Waals surface area contributed by atoms with Crippen LogP contribution in [0.2, 0.25) is 0 Å². The van der Waals surface area contributed by atoms with E-state index in [1.54, 1.807) is 0 Å². The highest BCUT2D eigenvalue weighted by Gasteiger charge is 2.09. The first kappa shape index (κ1) is 53.6. The fourth-order valence-electron chi connectivity index (χ4n) is 6.42. The van der Waals surface area contributed by atoms with Crippen LogP contribution in [0.15, 0.2) is 36.7 Å². The van der Waals surface area contributed by atoms with Crippen LogP contribution < -0.4 is 0 Å². The minimum Gasteiger partial charge on any atom is -0.260 e. The molecule has 0 atom stereocenters. The van der Waals surface area contributed by atoms with Gasteiger partial charge in [0.15, 0.2) is 0 Å². The Morgan fingerprint density at radius 3 is 1.26 bits per heavy atom. The van der Waals surface area contributed by atoms with E-state index >= 15 is 0 Å². The summed E-state index contributed by atoms with van der Waals surface area (Å²) in [6.07, 6.45) is 3.82. The Labute approximate surface area is 355 Å². The first-order valence-electron chi connectivity index (χ1n) is 20.8. The van der Waals surface area contributed by atoms with Crippen molar-refractivity contribution >= 4 is 0 Å². The van der Waals surface area contributed by atoms with Crippen LogP contribution >= 0.6 is 0 Å². The molecule has 0 aromatic carbocycles. The summed E-state index contributed by atoms with van der Waals surface area (Å²) in [5.41, 5.74) is 19.0. The van der Waals surface area contributed by atoms with Gasteiger partial charge in [0.1, 0.15) is 5.82 Å². The zero-order valence-corrected chi connectivity index (χ0v) is 40.0. The van der Waals surface area contributed by atoms with Crippen LogP contribution in [0.25, 0.3) is 0 Å². The Morgan fingerprint density at radius 2 is 0.793 bits per heavy atom. The van der Waals surface area contributed by atoms with Crippen LogP contribution in [0.4, 0.5) is 0 Å². The van der Waals surface area contributed by atoms with Crippen molar-refractivity contribution in [3.8, 4) is 0 Å². The van der Waals surface area contributed by atoms with Crippen LogP contribution in [-0.2, 0) is 0 Å². The van der Waals surface area contributed by atoms with Crippen LogP contribution in [0.5, 0.6) is 0 Å². The van der Waals surface area contributed by atoms with E-state index < -0.39 is 0 Å². The molecule has 5 aromatic rings. The number of aryl methyl sites for hydroxylation is 12. The lowest BCUT2D eigenvalue weighted by Crippen LogP contribution is -2.03. The number of hydrogen-bond donors (Lipinski definition) is 0. The highest BCUT2D eigenvalue weighted by molar-refractivity contribution is 5.30. The van der Waals surface area contributed by atoms with Gasteiger partial charge >= 0.3 is 0 Å². The summed E-state index contributed by atoms with van der Waals surface area (Å²) in [7, 11) is 0. The lowest BCUT2D eigenvalue weighted by atomic mass is 10.0. The van der Waals surface area contributed by atoms with Crippen LogP contribution in [0.1, 0.15) is 202 Å². The smallest absolute Gasteiger partial charge is 0.125 e. The highest BCUT2D eigenvalue weighted by atomic mass is 14.9. The monoisotopic (exact) mass is 792 g/mol. The van der Waals surface area contributed by atoms with Gasteiger partial charge in [-0.3, -0.25) is 24.9 Å². The van der Waals surface area contributed by atoms with Gasteiger partial charge in [-0.1, -0.05) is 94.9 Å². The second-order valence-corrected chi connectivity index (χ2v) is 17.1. The SMILES string of the molecule is C.Cc1cc(C)c(C(C)C)nc1C.Cc1ccc(C)c(C(C)C)n1.Cc1cnc(C(C)C)c(C)c1.Cc1nc(C)c(C(C)C)nc1C.Cc1ncc(C)c(C(C)C)n1. The molecule has 7 heteroatoms. The summed E-state index contributed by atoms with van der Waals surface area (Å²) in [6, 6.07) is 8.60. The molecule has 0 saturated carbocycles. The van der Waals surface area contributed by atoms with Crippen molar-refractivity contribution in [3.05, 3.63) is 133 Å². The van der Waals surface area contributed by atoms with Crippen LogP contribution in [-0.4, -0.2) is 34.9 Å². The van der Waals surface area contributed by atoms with Gasteiger partial charge in [-0.2, -0.15) is 0 Å². The third-order valence-corrected chi connectivity index (χ3v) is 9.61. The predicted octanol–water partition coefficient (Wildman–Crippen LogP) is 14.2. The number of hydrogen-bond acceptors (Lipinski definition) is 7. The maximum atomic E-state index is 4.57.